The largest absolute Gasteiger partial charge is 0.295 e. The molecule has 0 spiro atoms. The van der Waals surface area contributed by atoms with Gasteiger partial charge in [0.2, 0.25) is 0 Å². The zero-order valence-corrected chi connectivity index (χ0v) is 13.2. The van der Waals surface area contributed by atoms with Crippen LogP contribution in [0.3, 0.4) is 0 Å². The number of aromatic amines is 1. The Morgan fingerprint density at radius 2 is 1.83 bits per heavy atom. The predicted octanol–water partition coefficient (Wildman–Crippen LogP) is 3.57. The van der Waals surface area contributed by atoms with Gasteiger partial charge in [0.25, 0.3) is 5.56 Å². The lowest BCUT2D eigenvalue weighted by Gasteiger charge is -1.99. The molecular formula is C17H15ClN4O. The quantitative estimate of drug-likeness (QED) is 0.568. The zero-order chi connectivity index (χ0) is 16.2. The van der Waals surface area contributed by atoms with Crippen molar-refractivity contribution in [2.24, 2.45) is 5.10 Å². The third kappa shape index (κ3) is 3.35. The fourth-order valence-electron chi connectivity index (χ4n) is 2.17. The van der Waals surface area contributed by atoms with Gasteiger partial charge in [0.05, 0.1) is 23.2 Å². The summed E-state index contributed by atoms with van der Waals surface area (Å²) in [6.45, 7) is 1.84. The monoisotopic (exact) mass is 326 g/mol. The summed E-state index contributed by atoms with van der Waals surface area (Å²) in [5, 5.41) is 7.83. The average molecular weight is 327 g/mol. The molecule has 6 heteroatoms. The van der Waals surface area contributed by atoms with E-state index in [-0.39, 0.29) is 5.56 Å². The first-order valence-electron chi connectivity index (χ1n) is 7.07. The number of nitrogens with one attached hydrogen (secondary N) is 2. The summed E-state index contributed by atoms with van der Waals surface area (Å²) in [6, 6.07) is 16.6. The topological polar surface area (TPSA) is 62.2 Å². The van der Waals surface area contributed by atoms with Gasteiger partial charge in [-0.1, -0.05) is 29.8 Å². The minimum absolute atomic E-state index is 0.143. The van der Waals surface area contributed by atoms with Crippen LogP contribution in [0.15, 0.2) is 64.5 Å². The number of hydrogen-bond donors (Lipinski definition) is 2. The van der Waals surface area contributed by atoms with Gasteiger partial charge in [-0.15, -0.1) is 0 Å². The molecule has 0 unspecified atom stereocenters. The lowest BCUT2D eigenvalue weighted by Crippen LogP contribution is -2.17. The predicted molar refractivity (Wildman–Crippen MR) is 93.8 cm³/mol. The summed E-state index contributed by atoms with van der Waals surface area (Å²) in [7, 11) is 0. The van der Waals surface area contributed by atoms with E-state index in [0.29, 0.717) is 10.6 Å². The maximum Gasteiger partial charge on any atom is 0.280 e. The van der Waals surface area contributed by atoms with Gasteiger partial charge in [-0.25, -0.2) is 4.68 Å². The van der Waals surface area contributed by atoms with Crippen LogP contribution < -0.4 is 11.0 Å². The van der Waals surface area contributed by atoms with Gasteiger partial charge in [0.1, 0.15) is 0 Å². The Morgan fingerprint density at radius 3 is 2.52 bits per heavy atom. The Kier molecular flexibility index (Phi) is 4.30. The minimum Gasteiger partial charge on any atom is -0.295 e. The van der Waals surface area contributed by atoms with E-state index < -0.39 is 0 Å². The maximum absolute atomic E-state index is 12.5. The molecule has 0 aliphatic carbocycles. The number of aromatic nitrogens is 2. The lowest BCUT2D eigenvalue weighted by molar-refractivity contribution is 0.835. The van der Waals surface area contributed by atoms with Crippen LogP contribution in [0.2, 0.25) is 5.02 Å². The Labute approximate surface area is 138 Å². The minimum atomic E-state index is -0.143. The molecular weight excluding hydrogens is 312 g/mol. The highest BCUT2D eigenvalue weighted by Gasteiger charge is 2.10. The molecule has 0 saturated carbocycles. The van der Waals surface area contributed by atoms with Crippen LogP contribution in [0.4, 0.5) is 5.69 Å². The van der Waals surface area contributed by atoms with Crippen molar-refractivity contribution in [3.63, 3.8) is 0 Å². The molecule has 0 aliphatic heterocycles. The van der Waals surface area contributed by atoms with Crippen LogP contribution >= 0.6 is 11.6 Å². The number of anilines is 1. The molecule has 1 heterocycles. The van der Waals surface area contributed by atoms with E-state index in [0.717, 1.165) is 17.1 Å². The van der Waals surface area contributed by atoms with E-state index in [4.69, 9.17) is 11.6 Å². The van der Waals surface area contributed by atoms with E-state index in [9.17, 15) is 4.79 Å². The summed E-state index contributed by atoms with van der Waals surface area (Å²) < 4.78 is 1.50. The van der Waals surface area contributed by atoms with Crippen molar-refractivity contribution in [3.8, 4) is 5.69 Å². The van der Waals surface area contributed by atoms with Crippen LogP contribution in [0, 0.1) is 6.92 Å². The van der Waals surface area contributed by atoms with Crippen LogP contribution in [-0.4, -0.2) is 16.0 Å². The van der Waals surface area contributed by atoms with E-state index in [1.165, 1.54) is 10.9 Å². The van der Waals surface area contributed by atoms with Gasteiger partial charge >= 0.3 is 0 Å². The molecule has 0 atom stereocenters. The zero-order valence-electron chi connectivity index (χ0n) is 12.5. The van der Waals surface area contributed by atoms with Gasteiger partial charge < -0.3 is 0 Å². The number of rotatable bonds is 4. The molecule has 0 saturated heterocycles. The molecule has 0 bridgehead atoms. The lowest BCUT2D eigenvalue weighted by atomic mass is 10.3. The molecule has 0 radical (unpaired) electrons. The van der Waals surface area contributed by atoms with Gasteiger partial charge in [-0.05, 0) is 43.3 Å². The number of aryl methyl sites for hydroxylation is 1. The SMILES string of the molecule is Cc1[nH]n(-c2ccccc2)c(=O)c1/C=N/Nc1ccc(Cl)cc1. The van der Waals surface area contributed by atoms with Crippen LogP contribution in [0.5, 0.6) is 0 Å². The number of para-hydroxylation sites is 1. The molecule has 3 aromatic rings. The second-order valence-electron chi connectivity index (χ2n) is 5.00. The van der Waals surface area contributed by atoms with Crippen LogP contribution in [0.25, 0.3) is 5.69 Å². The number of nitrogens with zero attached hydrogens (tertiary/aromatic N) is 2. The van der Waals surface area contributed by atoms with Crippen molar-refractivity contribution < 1.29 is 0 Å². The van der Waals surface area contributed by atoms with Crippen molar-refractivity contribution in [1.29, 1.82) is 0 Å². The molecule has 1 aromatic heterocycles. The molecule has 23 heavy (non-hydrogen) atoms. The van der Waals surface area contributed by atoms with E-state index in [1.807, 2.05) is 49.4 Å². The number of benzene rings is 2. The molecule has 0 amide bonds. The number of hydrazone groups is 1. The highest BCUT2D eigenvalue weighted by Crippen LogP contribution is 2.13. The molecule has 116 valence electrons. The second kappa shape index (κ2) is 6.54. The van der Waals surface area contributed by atoms with Crippen LogP contribution in [0.1, 0.15) is 11.3 Å². The fourth-order valence-corrected chi connectivity index (χ4v) is 2.29. The summed E-state index contributed by atoms with van der Waals surface area (Å²) in [5.74, 6) is 0. The van der Waals surface area contributed by atoms with Crippen molar-refractivity contribution in [3.05, 3.63) is 81.2 Å². The number of hydrogen-bond acceptors (Lipinski definition) is 3. The standard InChI is InChI=1S/C17H15ClN4O/c1-12-16(11-19-20-14-9-7-13(18)8-10-14)17(23)22(21-12)15-5-3-2-4-6-15/h2-11,20-21H,1H3/b19-11+. The third-order valence-corrected chi connectivity index (χ3v) is 3.61. The van der Waals surface area contributed by atoms with Crippen LogP contribution in [-0.2, 0) is 0 Å². The molecule has 0 aliphatic rings. The van der Waals surface area contributed by atoms with E-state index in [2.05, 4.69) is 15.6 Å². The summed E-state index contributed by atoms with van der Waals surface area (Å²) >= 11 is 5.83. The van der Waals surface area contributed by atoms with Gasteiger partial charge in [0.15, 0.2) is 0 Å². The maximum atomic E-state index is 12.5. The Bertz CT molecular complexity index is 879. The Hall–Kier alpha value is -2.79. The third-order valence-electron chi connectivity index (χ3n) is 3.36. The fraction of sp³-hybridized carbons (Fsp3) is 0.0588. The Balaban J connectivity index is 1.83. The molecule has 0 fully saturated rings. The van der Waals surface area contributed by atoms with Gasteiger partial charge in [0, 0.05) is 10.7 Å². The first kappa shape index (κ1) is 15.1. The van der Waals surface area contributed by atoms with Crippen molar-refractivity contribution in [2.75, 3.05) is 5.43 Å². The second-order valence-corrected chi connectivity index (χ2v) is 5.44. The number of halogens is 1. The molecule has 5 nitrogen and oxygen atoms in total. The first-order chi connectivity index (χ1) is 11.1. The summed E-state index contributed by atoms with van der Waals surface area (Å²) in [4.78, 5) is 12.5. The number of H-pyrrole nitrogens is 1. The molecule has 2 aromatic carbocycles. The summed E-state index contributed by atoms with van der Waals surface area (Å²) in [5.41, 5.74) is 5.57. The highest BCUT2D eigenvalue weighted by molar-refractivity contribution is 6.30. The summed E-state index contributed by atoms with van der Waals surface area (Å²) in [6.07, 6.45) is 1.52. The first-order valence-corrected chi connectivity index (χ1v) is 7.44. The normalized spacial score (nSPS) is 11.0. The van der Waals surface area contributed by atoms with E-state index in [1.54, 1.807) is 12.1 Å². The average Bonchev–Trinajstić information content (AvgIpc) is 2.85. The van der Waals surface area contributed by atoms with Crippen molar-refractivity contribution >= 4 is 23.5 Å². The van der Waals surface area contributed by atoms with Crippen molar-refractivity contribution in [2.45, 2.75) is 6.92 Å². The van der Waals surface area contributed by atoms with Gasteiger partial charge in [-0.2, -0.15) is 5.10 Å². The molecule has 3 rings (SSSR count). The highest BCUT2D eigenvalue weighted by atomic mass is 35.5. The molecule has 2 N–H and O–H groups in total. The van der Waals surface area contributed by atoms with E-state index >= 15 is 0 Å². The van der Waals surface area contributed by atoms with Crippen molar-refractivity contribution in [1.82, 2.24) is 9.78 Å². The van der Waals surface area contributed by atoms with Gasteiger partial charge in [-0.3, -0.25) is 15.3 Å². The smallest absolute Gasteiger partial charge is 0.280 e. The Morgan fingerprint density at radius 1 is 1.13 bits per heavy atom.